The standard InChI is InChI=1S/C20H25N5O4S/c1-13-10-17(24-29-13)23-19(27)14(2)30-12-18(26)25-8-5-16(6-9-25)22-20(28)15-4-3-7-21-11-15/h3-4,7,10-11,14,16H,5-6,8-9,12H2,1-2H3,(H,22,28)(H,23,24,27). The minimum absolute atomic E-state index is 0.00559. The molecule has 2 aromatic rings. The van der Waals surface area contributed by atoms with Gasteiger partial charge in [0.1, 0.15) is 5.76 Å². The number of thioether (sulfide) groups is 1. The minimum Gasteiger partial charge on any atom is -0.360 e. The number of anilines is 1. The molecule has 1 fully saturated rings. The second-order valence-electron chi connectivity index (χ2n) is 7.14. The number of hydrogen-bond donors (Lipinski definition) is 2. The number of hydrogen-bond acceptors (Lipinski definition) is 7. The highest BCUT2D eigenvalue weighted by Gasteiger charge is 2.25. The van der Waals surface area contributed by atoms with Crippen LogP contribution in [0.2, 0.25) is 0 Å². The van der Waals surface area contributed by atoms with Crippen LogP contribution < -0.4 is 10.6 Å². The number of nitrogens with one attached hydrogen (secondary N) is 2. The lowest BCUT2D eigenvalue weighted by atomic mass is 10.0. The summed E-state index contributed by atoms with van der Waals surface area (Å²) in [6, 6.07) is 5.11. The van der Waals surface area contributed by atoms with Crippen molar-refractivity contribution in [2.24, 2.45) is 0 Å². The van der Waals surface area contributed by atoms with Gasteiger partial charge >= 0.3 is 0 Å². The summed E-state index contributed by atoms with van der Waals surface area (Å²) in [5.41, 5.74) is 0.528. The van der Waals surface area contributed by atoms with Crippen LogP contribution in [0.4, 0.5) is 5.82 Å². The van der Waals surface area contributed by atoms with Gasteiger partial charge in [-0.3, -0.25) is 19.4 Å². The van der Waals surface area contributed by atoms with Crippen molar-refractivity contribution in [1.82, 2.24) is 20.4 Å². The first-order chi connectivity index (χ1) is 14.4. The summed E-state index contributed by atoms with van der Waals surface area (Å²) in [7, 11) is 0. The highest BCUT2D eigenvalue weighted by molar-refractivity contribution is 8.01. The van der Waals surface area contributed by atoms with Crippen LogP contribution >= 0.6 is 11.8 Å². The molecule has 30 heavy (non-hydrogen) atoms. The molecule has 3 heterocycles. The van der Waals surface area contributed by atoms with Crippen LogP contribution in [0.1, 0.15) is 35.9 Å². The number of pyridine rings is 1. The predicted octanol–water partition coefficient (Wildman–Crippen LogP) is 1.86. The summed E-state index contributed by atoms with van der Waals surface area (Å²) >= 11 is 1.28. The number of likely N-dealkylation sites (tertiary alicyclic amines) is 1. The number of carbonyl (C=O) groups excluding carboxylic acids is 3. The van der Waals surface area contributed by atoms with Crippen molar-refractivity contribution in [1.29, 1.82) is 0 Å². The number of carbonyl (C=O) groups is 3. The van der Waals surface area contributed by atoms with Crippen LogP contribution in [0.15, 0.2) is 35.1 Å². The molecule has 1 saturated heterocycles. The number of aromatic nitrogens is 2. The van der Waals surface area contributed by atoms with Crippen molar-refractivity contribution in [3.63, 3.8) is 0 Å². The average Bonchev–Trinajstić information content (AvgIpc) is 3.17. The van der Waals surface area contributed by atoms with E-state index in [-0.39, 0.29) is 29.5 Å². The Labute approximate surface area is 179 Å². The van der Waals surface area contributed by atoms with E-state index in [4.69, 9.17) is 4.52 Å². The van der Waals surface area contributed by atoms with E-state index in [9.17, 15) is 14.4 Å². The van der Waals surface area contributed by atoms with E-state index >= 15 is 0 Å². The van der Waals surface area contributed by atoms with Crippen molar-refractivity contribution in [3.05, 3.63) is 41.9 Å². The summed E-state index contributed by atoms with van der Waals surface area (Å²) in [4.78, 5) is 42.6. The summed E-state index contributed by atoms with van der Waals surface area (Å²) < 4.78 is 4.92. The molecule has 0 saturated carbocycles. The molecule has 0 aliphatic carbocycles. The molecule has 1 aliphatic heterocycles. The Morgan fingerprint density at radius 1 is 1.33 bits per heavy atom. The predicted molar refractivity (Wildman–Crippen MR) is 113 cm³/mol. The van der Waals surface area contributed by atoms with Gasteiger partial charge in [0.25, 0.3) is 5.91 Å². The smallest absolute Gasteiger partial charge is 0.253 e. The molecule has 3 rings (SSSR count). The summed E-state index contributed by atoms with van der Waals surface area (Å²) in [6.45, 7) is 4.65. The topological polar surface area (TPSA) is 117 Å². The van der Waals surface area contributed by atoms with Gasteiger partial charge in [-0.2, -0.15) is 0 Å². The first kappa shape index (κ1) is 21.8. The minimum atomic E-state index is -0.401. The number of aryl methyl sites for hydroxylation is 1. The second kappa shape index (κ2) is 10.2. The molecule has 2 aromatic heterocycles. The molecule has 0 spiro atoms. The van der Waals surface area contributed by atoms with Crippen molar-refractivity contribution in [2.75, 3.05) is 24.2 Å². The van der Waals surface area contributed by atoms with Gasteiger partial charge in [0.05, 0.1) is 16.6 Å². The van der Waals surface area contributed by atoms with Gasteiger partial charge in [-0.1, -0.05) is 5.16 Å². The zero-order valence-electron chi connectivity index (χ0n) is 17.0. The molecule has 0 aromatic carbocycles. The van der Waals surface area contributed by atoms with Gasteiger partial charge in [-0.05, 0) is 38.8 Å². The van der Waals surface area contributed by atoms with Gasteiger partial charge in [0.2, 0.25) is 11.8 Å². The van der Waals surface area contributed by atoms with Gasteiger partial charge in [-0.25, -0.2) is 0 Å². The first-order valence-corrected chi connectivity index (χ1v) is 10.8. The second-order valence-corrected chi connectivity index (χ2v) is 8.46. The Balaban J connectivity index is 1.37. The fourth-order valence-corrected chi connectivity index (χ4v) is 3.84. The van der Waals surface area contributed by atoms with Crippen molar-refractivity contribution in [3.8, 4) is 0 Å². The number of amides is 3. The Morgan fingerprint density at radius 2 is 2.10 bits per heavy atom. The van der Waals surface area contributed by atoms with Crippen molar-refractivity contribution < 1.29 is 18.9 Å². The van der Waals surface area contributed by atoms with E-state index in [0.29, 0.717) is 43.1 Å². The third kappa shape index (κ3) is 6.06. The SMILES string of the molecule is Cc1cc(NC(=O)C(C)SCC(=O)N2CCC(NC(=O)c3cccnc3)CC2)no1. The summed E-state index contributed by atoms with van der Waals surface area (Å²) in [5, 5.41) is 8.99. The Hall–Kier alpha value is -2.88. The first-order valence-electron chi connectivity index (χ1n) is 9.77. The van der Waals surface area contributed by atoms with Crippen LogP contribution in [0.5, 0.6) is 0 Å². The Bertz CT molecular complexity index is 880. The van der Waals surface area contributed by atoms with Gasteiger partial charge in [-0.15, -0.1) is 11.8 Å². The van der Waals surface area contributed by atoms with E-state index in [1.54, 1.807) is 43.1 Å². The molecule has 10 heteroatoms. The highest BCUT2D eigenvalue weighted by Crippen LogP contribution is 2.17. The van der Waals surface area contributed by atoms with Crippen molar-refractivity contribution >= 4 is 35.3 Å². The van der Waals surface area contributed by atoms with Crippen molar-refractivity contribution in [2.45, 2.75) is 38.0 Å². The van der Waals surface area contributed by atoms with E-state index in [1.165, 1.54) is 18.0 Å². The summed E-state index contributed by atoms with van der Waals surface area (Å²) in [5.74, 6) is 0.823. The lowest BCUT2D eigenvalue weighted by Crippen LogP contribution is -2.47. The third-order valence-corrected chi connectivity index (χ3v) is 5.94. The van der Waals surface area contributed by atoms with Gasteiger partial charge < -0.3 is 20.1 Å². The molecule has 0 bridgehead atoms. The normalized spacial score (nSPS) is 15.5. The number of rotatable bonds is 7. The lowest BCUT2D eigenvalue weighted by Gasteiger charge is -2.32. The zero-order valence-corrected chi connectivity index (χ0v) is 17.8. The van der Waals surface area contributed by atoms with Crippen LogP contribution in [0.3, 0.4) is 0 Å². The molecule has 160 valence electrons. The van der Waals surface area contributed by atoms with E-state index in [2.05, 4.69) is 20.8 Å². The molecule has 2 N–H and O–H groups in total. The number of piperidine rings is 1. The van der Waals surface area contributed by atoms with Crippen LogP contribution in [0.25, 0.3) is 0 Å². The maximum absolute atomic E-state index is 12.5. The van der Waals surface area contributed by atoms with E-state index < -0.39 is 5.25 Å². The molecular formula is C20H25N5O4S. The van der Waals surface area contributed by atoms with Crippen LogP contribution in [0, 0.1) is 6.92 Å². The Kier molecular flexibility index (Phi) is 7.45. The molecule has 0 radical (unpaired) electrons. The zero-order chi connectivity index (χ0) is 21.5. The maximum atomic E-state index is 12.5. The fraction of sp³-hybridized carbons (Fsp3) is 0.450. The van der Waals surface area contributed by atoms with Crippen LogP contribution in [-0.4, -0.2) is 62.9 Å². The van der Waals surface area contributed by atoms with E-state index in [0.717, 1.165) is 0 Å². The quantitative estimate of drug-likeness (QED) is 0.687. The Morgan fingerprint density at radius 3 is 2.73 bits per heavy atom. The maximum Gasteiger partial charge on any atom is 0.253 e. The summed E-state index contributed by atoms with van der Waals surface area (Å²) in [6.07, 6.45) is 4.55. The molecule has 1 unspecified atom stereocenters. The third-order valence-electron chi connectivity index (χ3n) is 4.81. The van der Waals surface area contributed by atoms with Gasteiger partial charge in [0, 0.05) is 37.6 Å². The largest absolute Gasteiger partial charge is 0.360 e. The molecular weight excluding hydrogens is 406 g/mol. The highest BCUT2D eigenvalue weighted by atomic mass is 32.2. The van der Waals surface area contributed by atoms with Gasteiger partial charge in [0.15, 0.2) is 5.82 Å². The lowest BCUT2D eigenvalue weighted by molar-refractivity contribution is -0.129. The fourth-order valence-electron chi connectivity index (χ4n) is 3.06. The molecule has 3 amide bonds. The molecule has 1 aliphatic rings. The monoisotopic (exact) mass is 431 g/mol. The van der Waals surface area contributed by atoms with E-state index in [1.807, 2.05) is 0 Å². The average molecular weight is 432 g/mol. The van der Waals surface area contributed by atoms with Crippen LogP contribution in [-0.2, 0) is 9.59 Å². The number of nitrogens with zero attached hydrogens (tertiary/aromatic N) is 3. The molecule has 9 nitrogen and oxygen atoms in total. The molecule has 1 atom stereocenters.